The van der Waals surface area contributed by atoms with Crippen LogP contribution >= 0.6 is 28.1 Å². The second-order valence-corrected chi connectivity index (χ2v) is 7.60. The van der Waals surface area contributed by atoms with Gasteiger partial charge in [0.2, 0.25) is 0 Å². The van der Waals surface area contributed by atoms with E-state index in [0.717, 1.165) is 10.0 Å². The summed E-state index contributed by atoms with van der Waals surface area (Å²) in [6.07, 6.45) is 0.164. The first-order valence-corrected chi connectivity index (χ1v) is 10.9. The first-order chi connectivity index (χ1) is 14.4. The summed E-state index contributed by atoms with van der Waals surface area (Å²) in [6.45, 7) is 5.15. The minimum absolute atomic E-state index is 0.164. The molecule has 0 spiro atoms. The standard InChI is InChI=1S/C22H25BrN2O4S/c1-3-28-19-11-10-17(23)14-18(19)21(27)24-22(30)25(13-12-20(26)29-4-2)15-16-8-6-5-7-9-16/h5-11,14H,3-4,12-13,15H2,1-2H3,(H,24,27,30). The number of esters is 1. The maximum Gasteiger partial charge on any atom is 0.307 e. The third kappa shape index (κ3) is 7.42. The van der Waals surface area contributed by atoms with Crippen LogP contribution in [0.5, 0.6) is 5.75 Å². The highest BCUT2D eigenvalue weighted by molar-refractivity contribution is 9.10. The van der Waals surface area contributed by atoms with Crippen molar-refractivity contribution in [3.05, 3.63) is 64.1 Å². The molecule has 0 fully saturated rings. The predicted molar refractivity (Wildman–Crippen MR) is 123 cm³/mol. The van der Waals surface area contributed by atoms with Crippen molar-refractivity contribution in [3.63, 3.8) is 0 Å². The Morgan fingerprint density at radius 3 is 2.50 bits per heavy atom. The molecule has 2 aromatic rings. The molecule has 2 rings (SSSR count). The largest absolute Gasteiger partial charge is 0.493 e. The van der Waals surface area contributed by atoms with E-state index in [4.69, 9.17) is 21.7 Å². The Morgan fingerprint density at radius 1 is 1.10 bits per heavy atom. The van der Waals surface area contributed by atoms with Crippen LogP contribution in [-0.2, 0) is 16.1 Å². The van der Waals surface area contributed by atoms with Gasteiger partial charge in [0.15, 0.2) is 5.11 Å². The van der Waals surface area contributed by atoms with Crippen LogP contribution in [-0.4, -0.2) is 41.6 Å². The van der Waals surface area contributed by atoms with E-state index in [9.17, 15) is 9.59 Å². The van der Waals surface area contributed by atoms with Crippen molar-refractivity contribution >= 4 is 45.1 Å². The zero-order valence-electron chi connectivity index (χ0n) is 17.0. The fraction of sp³-hybridized carbons (Fsp3) is 0.318. The van der Waals surface area contributed by atoms with Crippen LogP contribution < -0.4 is 10.1 Å². The van der Waals surface area contributed by atoms with Gasteiger partial charge in [-0.25, -0.2) is 0 Å². The summed E-state index contributed by atoms with van der Waals surface area (Å²) in [5.41, 5.74) is 1.38. The van der Waals surface area contributed by atoms with E-state index in [2.05, 4.69) is 21.2 Å². The smallest absolute Gasteiger partial charge is 0.307 e. The molecule has 0 aliphatic carbocycles. The summed E-state index contributed by atoms with van der Waals surface area (Å²) in [5.74, 6) is -0.212. The number of hydrogen-bond donors (Lipinski definition) is 1. The van der Waals surface area contributed by atoms with Crippen molar-refractivity contribution in [1.29, 1.82) is 0 Å². The van der Waals surface area contributed by atoms with Gasteiger partial charge in [0.25, 0.3) is 5.91 Å². The normalized spacial score (nSPS) is 10.2. The zero-order chi connectivity index (χ0) is 21.9. The fourth-order valence-electron chi connectivity index (χ4n) is 2.72. The number of nitrogens with zero attached hydrogens (tertiary/aromatic N) is 1. The molecule has 0 radical (unpaired) electrons. The molecule has 0 bridgehead atoms. The molecule has 30 heavy (non-hydrogen) atoms. The lowest BCUT2D eigenvalue weighted by atomic mass is 10.2. The first kappa shape index (κ1) is 23.8. The Bertz CT molecular complexity index is 877. The van der Waals surface area contributed by atoms with Crippen molar-refractivity contribution in [2.45, 2.75) is 26.8 Å². The molecule has 8 heteroatoms. The van der Waals surface area contributed by atoms with Crippen LogP contribution in [0.15, 0.2) is 53.0 Å². The minimum Gasteiger partial charge on any atom is -0.493 e. The second-order valence-electron chi connectivity index (χ2n) is 6.29. The molecule has 6 nitrogen and oxygen atoms in total. The van der Waals surface area contributed by atoms with Crippen molar-refractivity contribution in [2.75, 3.05) is 19.8 Å². The first-order valence-electron chi connectivity index (χ1n) is 9.66. The summed E-state index contributed by atoms with van der Waals surface area (Å²) in [7, 11) is 0. The van der Waals surface area contributed by atoms with Crippen LogP contribution in [0.2, 0.25) is 0 Å². The third-order valence-electron chi connectivity index (χ3n) is 4.10. The van der Waals surface area contributed by atoms with Gasteiger partial charge in [-0.3, -0.25) is 14.9 Å². The Balaban J connectivity index is 2.15. The highest BCUT2D eigenvalue weighted by Crippen LogP contribution is 2.23. The van der Waals surface area contributed by atoms with E-state index in [1.807, 2.05) is 37.3 Å². The number of hydrogen-bond acceptors (Lipinski definition) is 5. The molecule has 2 aromatic carbocycles. The number of halogens is 1. The molecule has 0 heterocycles. The van der Waals surface area contributed by atoms with Gasteiger partial charge in [-0.2, -0.15) is 0 Å². The Kier molecular flexibility index (Phi) is 9.76. The maximum absolute atomic E-state index is 12.9. The maximum atomic E-state index is 12.9. The number of amides is 1. The van der Waals surface area contributed by atoms with Crippen molar-refractivity contribution in [2.24, 2.45) is 0 Å². The van der Waals surface area contributed by atoms with Crippen LogP contribution in [0.25, 0.3) is 0 Å². The third-order valence-corrected chi connectivity index (χ3v) is 4.95. The van der Waals surface area contributed by atoms with Gasteiger partial charge in [0.05, 0.1) is 25.2 Å². The summed E-state index contributed by atoms with van der Waals surface area (Å²) < 4.78 is 11.3. The molecule has 0 saturated carbocycles. The molecule has 160 valence electrons. The van der Waals surface area contributed by atoms with Gasteiger partial charge in [0.1, 0.15) is 5.75 Å². The van der Waals surface area contributed by atoms with Gasteiger partial charge in [0, 0.05) is 17.6 Å². The molecule has 0 aliphatic rings. The molecule has 1 N–H and O–H groups in total. The number of ether oxygens (including phenoxy) is 2. The Hall–Kier alpha value is -2.45. The molecule has 0 atom stereocenters. The molecular weight excluding hydrogens is 468 g/mol. The highest BCUT2D eigenvalue weighted by atomic mass is 79.9. The van der Waals surface area contributed by atoms with Crippen LogP contribution in [0.1, 0.15) is 36.2 Å². The van der Waals surface area contributed by atoms with Crippen molar-refractivity contribution < 1.29 is 19.1 Å². The topological polar surface area (TPSA) is 67.9 Å². The van der Waals surface area contributed by atoms with E-state index in [0.29, 0.717) is 37.6 Å². The Morgan fingerprint density at radius 2 is 1.83 bits per heavy atom. The van der Waals surface area contributed by atoms with E-state index >= 15 is 0 Å². The number of carbonyl (C=O) groups is 2. The average molecular weight is 493 g/mol. The van der Waals surface area contributed by atoms with Crippen LogP contribution in [0.3, 0.4) is 0 Å². The minimum atomic E-state index is -0.376. The average Bonchev–Trinajstić information content (AvgIpc) is 2.73. The summed E-state index contributed by atoms with van der Waals surface area (Å²) >= 11 is 8.88. The van der Waals surface area contributed by atoms with Crippen molar-refractivity contribution in [1.82, 2.24) is 10.2 Å². The van der Waals surface area contributed by atoms with Crippen LogP contribution in [0.4, 0.5) is 0 Å². The van der Waals surface area contributed by atoms with Crippen molar-refractivity contribution in [3.8, 4) is 5.75 Å². The highest BCUT2D eigenvalue weighted by Gasteiger charge is 2.19. The second kappa shape index (κ2) is 12.3. The quantitative estimate of drug-likeness (QED) is 0.415. The van der Waals surface area contributed by atoms with Crippen LogP contribution in [0, 0.1) is 0 Å². The molecule has 0 aromatic heterocycles. The lowest BCUT2D eigenvalue weighted by Gasteiger charge is -2.25. The SMILES string of the molecule is CCOC(=O)CCN(Cc1ccccc1)C(=S)NC(=O)c1cc(Br)ccc1OCC. The zero-order valence-corrected chi connectivity index (χ0v) is 19.4. The Labute approximate surface area is 190 Å². The molecular formula is C22H25BrN2O4S. The lowest BCUT2D eigenvalue weighted by molar-refractivity contribution is -0.143. The number of rotatable bonds is 9. The fourth-order valence-corrected chi connectivity index (χ4v) is 3.33. The number of carbonyl (C=O) groups excluding carboxylic acids is 2. The molecule has 1 amide bonds. The van der Waals surface area contributed by atoms with Gasteiger partial charge in [-0.15, -0.1) is 0 Å². The van der Waals surface area contributed by atoms with E-state index < -0.39 is 0 Å². The van der Waals surface area contributed by atoms with E-state index in [-0.39, 0.29) is 23.4 Å². The van der Waals surface area contributed by atoms with E-state index in [1.54, 1.807) is 30.0 Å². The molecule has 0 aliphatic heterocycles. The van der Waals surface area contributed by atoms with Gasteiger partial charge in [-0.05, 0) is 49.8 Å². The predicted octanol–water partition coefficient (Wildman–Crippen LogP) is 4.32. The van der Waals surface area contributed by atoms with Gasteiger partial charge in [-0.1, -0.05) is 46.3 Å². The lowest BCUT2D eigenvalue weighted by Crippen LogP contribution is -2.43. The van der Waals surface area contributed by atoms with Gasteiger partial charge < -0.3 is 14.4 Å². The molecule has 0 unspecified atom stereocenters. The van der Waals surface area contributed by atoms with Gasteiger partial charge >= 0.3 is 5.97 Å². The molecule has 0 saturated heterocycles. The van der Waals surface area contributed by atoms with E-state index in [1.165, 1.54) is 0 Å². The summed E-state index contributed by atoms with van der Waals surface area (Å²) in [4.78, 5) is 26.5. The monoisotopic (exact) mass is 492 g/mol. The number of benzene rings is 2. The number of thiocarbonyl (C=S) groups is 1. The summed E-state index contributed by atoms with van der Waals surface area (Å²) in [5, 5.41) is 3.00. The number of nitrogens with one attached hydrogen (secondary N) is 1. The summed E-state index contributed by atoms with van der Waals surface area (Å²) in [6, 6.07) is 14.9.